The van der Waals surface area contributed by atoms with E-state index in [2.05, 4.69) is 17.4 Å². The van der Waals surface area contributed by atoms with E-state index in [4.69, 9.17) is 10.5 Å². The molecule has 0 unspecified atom stereocenters. The molecule has 0 radical (unpaired) electrons. The third kappa shape index (κ3) is 1.64. The lowest BCUT2D eigenvalue weighted by Crippen LogP contribution is -2.48. The first-order valence-corrected chi connectivity index (χ1v) is 5.95. The van der Waals surface area contributed by atoms with Crippen LogP contribution in [0.1, 0.15) is 17.5 Å². The predicted molar refractivity (Wildman–Crippen MR) is 64.9 cm³/mol. The molecule has 0 aliphatic carbocycles. The van der Waals surface area contributed by atoms with Crippen molar-refractivity contribution in [3.63, 3.8) is 0 Å². The van der Waals surface area contributed by atoms with E-state index in [0.717, 1.165) is 30.9 Å². The average molecular weight is 232 g/mol. The summed E-state index contributed by atoms with van der Waals surface area (Å²) in [6.45, 7) is 2.15. The Balaban J connectivity index is 1.94. The van der Waals surface area contributed by atoms with Crippen LogP contribution in [0.4, 0.5) is 5.69 Å². The number of nitrogens with one attached hydrogen (secondary N) is 1. The van der Waals surface area contributed by atoms with Crippen molar-refractivity contribution in [2.75, 3.05) is 25.1 Å². The third-order valence-corrected chi connectivity index (χ3v) is 3.72. The lowest BCUT2D eigenvalue weighted by molar-refractivity contribution is -0.115. The number of benzene rings is 1. The number of rotatable bonds is 3. The van der Waals surface area contributed by atoms with Crippen LogP contribution in [0.25, 0.3) is 0 Å². The summed E-state index contributed by atoms with van der Waals surface area (Å²) in [6.07, 6.45) is 1.43. The molecule has 4 nitrogen and oxygen atoms in total. The third-order valence-electron chi connectivity index (χ3n) is 3.72. The number of anilines is 1. The van der Waals surface area contributed by atoms with Gasteiger partial charge < -0.3 is 15.8 Å². The maximum Gasteiger partial charge on any atom is 0.228 e. The highest BCUT2D eigenvalue weighted by atomic mass is 16.5. The first kappa shape index (κ1) is 10.7. The molecule has 1 aromatic carbocycles. The van der Waals surface area contributed by atoms with E-state index >= 15 is 0 Å². The highest BCUT2D eigenvalue weighted by molar-refractivity contribution is 5.99. The van der Waals surface area contributed by atoms with Gasteiger partial charge in [-0.3, -0.25) is 4.79 Å². The van der Waals surface area contributed by atoms with Gasteiger partial charge in [0, 0.05) is 11.1 Å². The van der Waals surface area contributed by atoms with Crippen LogP contribution >= 0.6 is 0 Å². The van der Waals surface area contributed by atoms with Gasteiger partial charge in [0.15, 0.2) is 0 Å². The van der Waals surface area contributed by atoms with Crippen molar-refractivity contribution in [2.24, 2.45) is 5.73 Å². The zero-order valence-corrected chi connectivity index (χ0v) is 9.66. The molecular weight excluding hydrogens is 216 g/mol. The summed E-state index contributed by atoms with van der Waals surface area (Å²) in [5.41, 5.74) is 9.05. The van der Waals surface area contributed by atoms with Crippen LogP contribution in [-0.4, -0.2) is 25.7 Å². The Morgan fingerprint density at radius 1 is 1.41 bits per heavy atom. The maximum atomic E-state index is 11.3. The summed E-state index contributed by atoms with van der Waals surface area (Å²) >= 11 is 0. The normalized spacial score (nSPS) is 20.6. The Labute approximate surface area is 100 Å². The van der Waals surface area contributed by atoms with Gasteiger partial charge in [-0.05, 0) is 30.2 Å². The molecule has 17 heavy (non-hydrogen) atoms. The number of carbonyl (C=O) groups is 1. The topological polar surface area (TPSA) is 64.4 Å². The Morgan fingerprint density at radius 2 is 2.24 bits per heavy atom. The number of nitrogens with two attached hydrogens (primary N) is 1. The molecule has 0 saturated carbocycles. The number of carbonyl (C=O) groups excluding carboxylic acids is 1. The van der Waals surface area contributed by atoms with Crippen LogP contribution in [0.3, 0.4) is 0 Å². The van der Waals surface area contributed by atoms with Gasteiger partial charge in [0.25, 0.3) is 0 Å². The smallest absolute Gasteiger partial charge is 0.228 e. The van der Waals surface area contributed by atoms with Gasteiger partial charge in [-0.2, -0.15) is 0 Å². The maximum absolute atomic E-state index is 11.3. The minimum absolute atomic E-state index is 0.0786. The molecule has 1 aromatic rings. The number of hydrogen-bond donors (Lipinski definition) is 2. The van der Waals surface area contributed by atoms with E-state index in [0.29, 0.717) is 13.0 Å². The lowest BCUT2D eigenvalue weighted by atomic mass is 9.75. The van der Waals surface area contributed by atoms with E-state index in [1.165, 1.54) is 5.56 Å². The van der Waals surface area contributed by atoms with Crippen molar-refractivity contribution in [2.45, 2.75) is 18.3 Å². The first-order valence-electron chi connectivity index (χ1n) is 5.95. The van der Waals surface area contributed by atoms with Crippen LogP contribution in [0, 0.1) is 0 Å². The second kappa shape index (κ2) is 3.82. The molecule has 2 aliphatic heterocycles. The van der Waals surface area contributed by atoms with E-state index in [-0.39, 0.29) is 11.3 Å². The zero-order valence-electron chi connectivity index (χ0n) is 9.66. The minimum Gasteiger partial charge on any atom is -0.379 e. The first-order chi connectivity index (χ1) is 8.23. The second-order valence-electron chi connectivity index (χ2n) is 4.91. The van der Waals surface area contributed by atoms with Crippen LogP contribution in [-0.2, 0) is 21.4 Å². The molecule has 1 fully saturated rings. The van der Waals surface area contributed by atoms with Crippen molar-refractivity contribution in [3.05, 3.63) is 29.3 Å². The average Bonchev–Trinajstić information content (AvgIpc) is 2.62. The molecule has 0 aromatic heterocycles. The molecule has 3 N–H and O–H groups in total. The molecule has 0 atom stereocenters. The minimum atomic E-state index is 0.0786. The fraction of sp³-hybridized carbons (Fsp3) is 0.462. The monoisotopic (exact) mass is 232 g/mol. The van der Waals surface area contributed by atoms with Gasteiger partial charge in [-0.1, -0.05) is 12.1 Å². The van der Waals surface area contributed by atoms with Crippen molar-refractivity contribution in [3.8, 4) is 0 Å². The van der Waals surface area contributed by atoms with Crippen molar-refractivity contribution >= 4 is 11.6 Å². The predicted octanol–water partition coefficient (Wildman–Crippen LogP) is 0.798. The number of hydrogen-bond acceptors (Lipinski definition) is 3. The fourth-order valence-electron chi connectivity index (χ4n) is 2.64. The quantitative estimate of drug-likeness (QED) is 0.810. The number of ether oxygens (including phenoxy) is 1. The Kier molecular flexibility index (Phi) is 2.42. The summed E-state index contributed by atoms with van der Waals surface area (Å²) in [4.78, 5) is 11.3. The standard InChI is InChI=1S/C13H16N2O2/c14-4-3-13(7-17-8-13)10-1-2-11-9(5-10)6-12(16)15-11/h1-2,5H,3-4,6-8,14H2,(H,15,16). The van der Waals surface area contributed by atoms with Crippen LogP contribution in [0.2, 0.25) is 0 Å². The molecule has 1 amide bonds. The van der Waals surface area contributed by atoms with E-state index in [9.17, 15) is 4.79 Å². The second-order valence-corrected chi connectivity index (χ2v) is 4.91. The van der Waals surface area contributed by atoms with Gasteiger partial charge in [0.1, 0.15) is 0 Å². The summed E-state index contributed by atoms with van der Waals surface area (Å²) in [6, 6.07) is 6.21. The van der Waals surface area contributed by atoms with Gasteiger partial charge in [-0.25, -0.2) is 0 Å². The SMILES string of the molecule is NCCC1(c2ccc3c(c2)CC(=O)N3)COC1. The summed E-state index contributed by atoms with van der Waals surface area (Å²) in [5.74, 6) is 0.0786. The highest BCUT2D eigenvalue weighted by Gasteiger charge is 2.40. The van der Waals surface area contributed by atoms with Gasteiger partial charge in [0.05, 0.1) is 19.6 Å². The molecule has 1 saturated heterocycles. The van der Waals surface area contributed by atoms with Gasteiger partial charge in [0.2, 0.25) is 5.91 Å². The van der Waals surface area contributed by atoms with E-state index in [1.807, 2.05) is 6.07 Å². The summed E-state index contributed by atoms with van der Waals surface area (Å²) in [5, 5.41) is 2.85. The lowest BCUT2D eigenvalue weighted by Gasteiger charge is -2.42. The van der Waals surface area contributed by atoms with Gasteiger partial charge >= 0.3 is 0 Å². The molecule has 90 valence electrons. The molecule has 0 spiro atoms. The molecular formula is C13H16N2O2. The largest absolute Gasteiger partial charge is 0.379 e. The highest BCUT2D eigenvalue weighted by Crippen LogP contribution is 2.37. The zero-order chi connectivity index (χ0) is 11.9. The van der Waals surface area contributed by atoms with E-state index < -0.39 is 0 Å². The van der Waals surface area contributed by atoms with Crippen LogP contribution in [0.5, 0.6) is 0 Å². The van der Waals surface area contributed by atoms with Crippen LogP contribution < -0.4 is 11.1 Å². The van der Waals surface area contributed by atoms with Crippen LogP contribution in [0.15, 0.2) is 18.2 Å². The number of fused-ring (bicyclic) bond motifs is 1. The Morgan fingerprint density at radius 3 is 2.88 bits per heavy atom. The van der Waals surface area contributed by atoms with Gasteiger partial charge in [-0.15, -0.1) is 0 Å². The molecule has 2 aliphatic rings. The molecule has 4 heteroatoms. The summed E-state index contributed by atoms with van der Waals surface area (Å²) < 4.78 is 5.35. The molecule has 3 rings (SSSR count). The summed E-state index contributed by atoms with van der Waals surface area (Å²) in [7, 11) is 0. The van der Waals surface area contributed by atoms with Crippen molar-refractivity contribution < 1.29 is 9.53 Å². The number of amides is 1. The Bertz CT molecular complexity index is 466. The van der Waals surface area contributed by atoms with Crippen molar-refractivity contribution in [1.29, 1.82) is 0 Å². The fourth-order valence-corrected chi connectivity index (χ4v) is 2.64. The molecule has 0 bridgehead atoms. The van der Waals surface area contributed by atoms with Crippen molar-refractivity contribution in [1.82, 2.24) is 0 Å². The Hall–Kier alpha value is -1.39. The molecule has 2 heterocycles. The van der Waals surface area contributed by atoms with E-state index in [1.54, 1.807) is 0 Å².